The molecule has 0 bridgehead atoms. The number of fused-ring (bicyclic) bond motifs is 1. The zero-order valence-corrected chi connectivity index (χ0v) is 9.57. The highest BCUT2D eigenvalue weighted by atomic mass is 16.3. The van der Waals surface area contributed by atoms with Crippen molar-refractivity contribution in [3.05, 3.63) is 36.1 Å². The third kappa shape index (κ3) is 1.63. The van der Waals surface area contributed by atoms with E-state index in [1.165, 1.54) is 23.8 Å². The number of hydrogen-bond acceptors (Lipinski definition) is 2. The second kappa shape index (κ2) is 3.95. The van der Waals surface area contributed by atoms with E-state index >= 15 is 0 Å². The van der Waals surface area contributed by atoms with Crippen LogP contribution >= 0.6 is 0 Å². The quantitative estimate of drug-likeness (QED) is 0.789. The van der Waals surface area contributed by atoms with Crippen LogP contribution in [0.25, 0.3) is 11.0 Å². The fourth-order valence-corrected chi connectivity index (χ4v) is 2.75. The van der Waals surface area contributed by atoms with E-state index in [1.807, 2.05) is 6.07 Å². The maximum atomic E-state index is 5.62. The van der Waals surface area contributed by atoms with Crippen molar-refractivity contribution in [3.8, 4) is 0 Å². The monoisotopic (exact) mass is 215 g/mol. The predicted molar refractivity (Wildman–Crippen MR) is 65.7 cm³/mol. The average Bonchev–Trinajstić information content (AvgIpc) is 2.76. The van der Waals surface area contributed by atoms with Crippen molar-refractivity contribution >= 4 is 11.0 Å². The molecule has 2 heterocycles. The molecule has 1 aliphatic rings. The van der Waals surface area contributed by atoms with Gasteiger partial charge in [-0.15, -0.1) is 0 Å². The van der Waals surface area contributed by atoms with Crippen molar-refractivity contribution in [2.45, 2.75) is 31.7 Å². The van der Waals surface area contributed by atoms with Gasteiger partial charge in [0.25, 0.3) is 0 Å². The van der Waals surface area contributed by atoms with Crippen molar-refractivity contribution in [2.75, 3.05) is 6.54 Å². The topological polar surface area (TPSA) is 25.2 Å². The summed E-state index contributed by atoms with van der Waals surface area (Å²) in [6.45, 7) is 3.37. The minimum absolute atomic E-state index is 0.615. The van der Waals surface area contributed by atoms with Gasteiger partial charge in [-0.2, -0.15) is 0 Å². The number of nitrogens with one attached hydrogen (secondary N) is 1. The molecule has 0 radical (unpaired) electrons. The molecule has 1 N–H and O–H groups in total. The van der Waals surface area contributed by atoms with Crippen molar-refractivity contribution < 1.29 is 4.42 Å². The van der Waals surface area contributed by atoms with Crippen LogP contribution in [-0.2, 0) is 0 Å². The zero-order valence-electron chi connectivity index (χ0n) is 9.57. The van der Waals surface area contributed by atoms with Crippen LogP contribution in [0, 0.1) is 0 Å². The molecule has 84 valence electrons. The molecule has 2 aromatic rings. The lowest BCUT2D eigenvalue weighted by Gasteiger charge is -2.28. The largest absolute Gasteiger partial charge is 0.464 e. The smallest absolute Gasteiger partial charge is 0.137 e. The summed E-state index contributed by atoms with van der Waals surface area (Å²) in [4.78, 5) is 0. The Bertz CT molecular complexity index is 488. The van der Waals surface area contributed by atoms with Crippen molar-refractivity contribution in [2.24, 2.45) is 0 Å². The van der Waals surface area contributed by atoms with Crippen LogP contribution in [0.3, 0.4) is 0 Å². The summed E-state index contributed by atoms with van der Waals surface area (Å²) in [5.41, 5.74) is 2.47. The van der Waals surface area contributed by atoms with Crippen molar-refractivity contribution in [1.29, 1.82) is 0 Å². The van der Waals surface area contributed by atoms with Crippen LogP contribution in [0.15, 0.2) is 34.9 Å². The predicted octanol–water partition coefficient (Wildman–Crippen LogP) is 3.29. The molecule has 0 aliphatic carbocycles. The van der Waals surface area contributed by atoms with Gasteiger partial charge in [-0.25, -0.2) is 0 Å². The molecule has 2 heteroatoms. The molecule has 16 heavy (non-hydrogen) atoms. The molecule has 3 rings (SSSR count). The standard InChI is InChI=1S/C14H17NO/c1-10-9-12(5-7-15-10)13-4-2-3-11-6-8-16-14(11)13/h2-4,6,8,10,12,15H,5,7,9H2,1H3. The number of hydrogen-bond donors (Lipinski definition) is 1. The Morgan fingerprint density at radius 2 is 2.25 bits per heavy atom. The van der Waals surface area contributed by atoms with Gasteiger partial charge in [0.05, 0.1) is 6.26 Å². The molecule has 2 unspecified atom stereocenters. The van der Waals surface area contributed by atoms with Gasteiger partial charge in [-0.3, -0.25) is 0 Å². The van der Waals surface area contributed by atoms with E-state index < -0.39 is 0 Å². The minimum atomic E-state index is 0.615. The first-order valence-corrected chi connectivity index (χ1v) is 6.04. The van der Waals surface area contributed by atoms with Gasteiger partial charge in [-0.05, 0) is 43.9 Å². The van der Waals surface area contributed by atoms with E-state index in [2.05, 4.69) is 30.4 Å². The summed E-state index contributed by atoms with van der Waals surface area (Å²) < 4.78 is 5.62. The normalized spacial score (nSPS) is 26.1. The fourth-order valence-electron chi connectivity index (χ4n) is 2.75. The molecule has 2 nitrogen and oxygen atoms in total. The number of para-hydroxylation sites is 1. The Balaban J connectivity index is 2.01. The van der Waals surface area contributed by atoms with E-state index in [4.69, 9.17) is 4.42 Å². The van der Waals surface area contributed by atoms with Crippen LogP contribution in [0.2, 0.25) is 0 Å². The lowest BCUT2D eigenvalue weighted by Crippen LogP contribution is -2.34. The van der Waals surface area contributed by atoms with Crippen molar-refractivity contribution in [1.82, 2.24) is 5.32 Å². The van der Waals surface area contributed by atoms with E-state index in [1.54, 1.807) is 6.26 Å². The Hall–Kier alpha value is -1.28. The van der Waals surface area contributed by atoms with E-state index in [9.17, 15) is 0 Å². The summed E-state index contributed by atoms with van der Waals surface area (Å²) >= 11 is 0. The molecular formula is C14H17NO. The Morgan fingerprint density at radius 1 is 1.31 bits per heavy atom. The lowest BCUT2D eigenvalue weighted by molar-refractivity contribution is 0.380. The Kier molecular flexibility index (Phi) is 2.44. The van der Waals surface area contributed by atoms with Crippen molar-refractivity contribution in [3.63, 3.8) is 0 Å². The van der Waals surface area contributed by atoms with Gasteiger partial charge in [0.1, 0.15) is 5.58 Å². The maximum absolute atomic E-state index is 5.62. The molecule has 1 saturated heterocycles. The zero-order chi connectivity index (χ0) is 11.0. The summed E-state index contributed by atoms with van der Waals surface area (Å²) in [6.07, 6.45) is 4.21. The number of piperidine rings is 1. The highest BCUT2D eigenvalue weighted by Gasteiger charge is 2.22. The summed E-state index contributed by atoms with van der Waals surface area (Å²) in [6, 6.07) is 9.13. The molecule has 0 saturated carbocycles. The van der Waals surface area contributed by atoms with Crippen LogP contribution < -0.4 is 5.32 Å². The Morgan fingerprint density at radius 3 is 3.12 bits per heavy atom. The van der Waals surface area contributed by atoms with Gasteiger partial charge in [-0.1, -0.05) is 18.2 Å². The molecular weight excluding hydrogens is 198 g/mol. The fraction of sp³-hybridized carbons (Fsp3) is 0.429. The van der Waals surface area contributed by atoms with Gasteiger partial charge >= 0.3 is 0 Å². The highest BCUT2D eigenvalue weighted by molar-refractivity contribution is 5.80. The van der Waals surface area contributed by atoms with Crippen LogP contribution in [0.1, 0.15) is 31.2 Å². The first-order valence-electron chi connectivity index (χ1n) is 6.04. The molecule has 1 aromatic heterocycles. The van der Waals surface area contributed by atoms with Crippen LogP contribution in [0.4, 0.5) is 0 Å². The average molecular weight is 215 g/mol. The molecule has 2 atom stereocenters. The molecule has 1 aromatic carbocycles. The summed E-state index contributed by atoms with van der Waals surface area (Å²) in [5, 5.41) is 4.72. The van der Waals surface area contributed by atoms with Gasteiger partial charge in [0.2, 0.25) is 0 Å². The van der Waals surface area contributed by atoms with E-state index in [0.29, 0.717) is 12.0 Å². The maximum Gasteiger partial charge on any atom is 0.137 e. The van der Waals surface area contributed by atoms with E-state index in [0.717, 1.165) is 12.1 Å². The van der Waals surface area contributed by atoms with Crippen LogP contribution in [0.5, 0.6) is 0 Å². The molecule has 0 amide bonds. The van der Waals surface area contributed by atoms with Gasteiger partial charge in [0.15, 0.2) is 0 Å². The number of rotatable bonds is 1. The first-order chi connectivity index (χ1) is 7.84. The second-order valence-corrected chi connectivity index (χ2v) is 4.76. The summed E-state index contributed by atoms with van der Waals surface area (Å²) in [5.74, 6) is 0.645. The third-order valence-electron chi connectivity index (χ3n) is 3.57. The minimum Gasteiger partial charge on any atom is -0.464 e. The number of benzene rings is 1. The first kappa shape index (κ1) is 9.91. The number of furan rings is 1. The summed E-state index contributed by atoms with van der Waals surface area (Å²) in [7, 11) is 0. The Labute approximate surface area is 95.6 Å². The molecule has 1 fully saturated rings. The third-order valence-corrected chi connectivity index (χ3v) is 3.57. The SMILES string of the molecule is CC1CC(c2cccc3ccoc23)CCN1. The lowest BCUT2D eigenvalue weighted by atomic mass is 9.86. The molecule has 0 spiro atoms. The van der Waals surface area contributed by atoms with Gasteiger partial charge in [0, 0.05) is 11.4 Å². The van der Waals surface area contributed by atoms with E-state index in [-0.39, 0.29) is 0 Å². The van der Waals surface area contributed by atoms with Crippen LogP contribution in [-0.4, -0.2) is 12.6 Å². The van der Waals surface area contributed by atoms with Gasteiger partial charge < -0.3 is 9.73 Å². The highest BCUT2D eigenvalue weighted by Crippen LogP contribution is 2.33. The second-order valence-electron chi connectivity index (χ2n) is 4.76. The molecule has 1 aliphatic heterocycles.